The van der Waals surface area contributed by atoms with Crippen LogP contribution in [0.5, 0.6) is 0 Å². The lowest BCUT2D eigenvalue weighted by Crippen LogP contribution is -2.48. The number of carbonyl (C=O) groups is 2. The first kappa shape index (κ1) is 15.8. The fourth-order valence-corrected chi connectivity index (χ4v) is 3.36. The molecule has 2 aliphatic rings. The molecule has 1 saturated carbocycles. The molecule has 0 spiro atoms. The molecule has 0 unspecified atom stereocenters. The largest absolute Gasteiger partial charge is 0.447 e. The number of amides is 2. The molecule has 23 heavy (non-hydrogen) atoms. The van der Waals surface area contributed by atoms with E-state index in [1.807, 2.05) is 12.3 Å². The van der Waals surface area contributed by atoms with E-state index < -0.39 is 6.04 Å². The predicted molar refractivity (Wildman–Crippen MR) is 83.7 cm³/mol. The van der Waals surface area contributed by atoms with Crippen molar-refractivity contribution in [2.75, 3.05) is 19.7 Å². The van der Waals surface area contributed by atoms with Crippen molar-refractivity contribution >= 4 is 12.0 Å². The lowest BCUT2D eigenvalue weighted by Gasteiger charge is -2.28. The summed E-state index contributed by atoms with van der Waals surface area (Å²) in [6.07, 6.45) is 9.18. The number of ether oxygens (including phenoxy) is 1. The van der Waals surface area contributed by atoms with E-state index in [1.54, 1.807) is 15.8 Å². The average molecular weight is 320 g/mol. The molecule has 1 aromatic rings. The van der Waals surface area contributed by atoms with Crippen LogP contribution < -0.4 is 5.32 Å². The van der Waals surface area contributed by atoms with Crippen LogP contribution in [0.3, 0.4) is 0 Å². The van der Waals surface area contributed by atoms with Gasteiger partial charge in [-0.1, -0.05) is 19.3 Å². The summed E-state index contributed by atoms with van der Waals surface area (Å²) in [4.78, 5) is 25.9. The van der Waals surface area contributed by atoms with E-state index in [-0.39, 0.29) is 18.6 Å². The van der Waals surface area contributed by atoms with Gasteiger partial charge in [-0.2, -0.15) is 5.10 Å². The van der Waals surface area contributed by atoms with Gasteiger partial charge in [0.1, 0.15) is 12.6 Å². The third-order valence-corrected chi connectivity index (χ3v) is 4.66. The Hall–Kier alpha value is -2.05. The van der Waals surface area contributed by atoms with Crippen molar-refractivity contribution in [1.29, 1.82) is 0 Å². The monoisotopic (exact) mass is 320 g/mol. The van der Waals surface area contributed by atoms with E-state index in [1.165, 1.54) is 19.3 Å². The van der Waals surface area contributed by atoms with Gasteiger partial charge in [0.25, 0.3) is 0 Å². The van der Waals surface area contributed by atoms with E-state index in [0.717, 1.165) is 12.8 Å². The van der Waals surface area contributed by atoms with Gasteiger partial charge in [-0.15, -0.1) is 0 Å². The van der Waals surface area contributed by atoms with Crippen molar-refractivity contribution in [1.82, 2.24) is 20.0 Å². The Morgan fingerprint density at radius 2 is 2.17 bits per heavy atom. The van der Waals surface area contributed by atoms with Gasteiger partial charge in [-0.25, -0.2) is 4.79 Å². The molecule has 126 valence electrons. The molecular weight excluding hydrogens is 296 g/mol. The molecule has 1 aliphatic carbocycles. The van der Waals surface area contributed by atoms with E-state index in [2.05, 4.69) is 10.4 Å². The molecule has 2 fully saturated rings. The molecule has 1 saturated heterocycles. The Balaban J connectivity index is 1.49. The fourth-order valence-electron chi connectivity index (χ4n) is 3.36. The number of carbonyl (C=O) groups excluding carboxylic acids is 2. The maximum atomic E-state index is 12.4. The summed E-state index contributed by atoms with van der Waals surface area (Å²) in [7, 11) is 0. The molecule has 3 rings (SSSR count). The van der Waals surface area contributed by atoms with E-state index in [4.69, 9.17) is 4.74 Å². The lowest BCUT2D eigenvalue weighted by atomic mass is 9.89. The minimum Gasteiger partial charge on any atom is -0.447 e. The zero-order valence-electron chi connectivity index (χ0n) is 13.3. The topological polar surface area (TPSA) is 76.5 Å². The molecule has 0 radical (unpaired) electrons. The highest BCUT2D eigenvalue weighted by atomic mass is 16.6. The van der Waals surface area contributed by atoms with Crippen molar-refractivity contribution in [3.63, 3.8) is 0 Å². The predicted octanol–water partition coefficient (Wildman–Crippen LogP) is 1.40. The minimum absolute atomic E-state index is 0.140. The van der Waals surface area contributed by atoms with Gasteiger partial charge in [0.2, 0.25) is 5.91 Å². The van der Waals surface area contributed by atoms with Crippen LogP contribution in [-0.4, -0.2) is 52.4 Å². The Morgan fingerprint density at radius 1 is 1.35 bits per heavy atom. The number of nitrogens with zero attached hydrogens (tertiary/aromatic N) is 3. The summed E-state index contributed by atoms with van der Waals surface area (Å²) in [5, 5.41) is 6.97. The van der Waals surface area contributed by atoms with Crippen LogP contribution in [0.25, 0.3) is 0 Å². The molecule has 1 aromatic heterocycles. The van der Waals surface area contributed by atoms with Gasteiger partial charge in [-0.3, -0.25) is 14.4 Å². The highest BCUT2D eigenvalue weighted by molar-refractivity contribution is 5.87. The van der Waals surface area contributed by atoms with Crippen LogP contribution in [0, 0.1) is 5.92 Å². The number of hydrogen-bond acceptors (Lipinski definition) is 4. The molecule has 0 aromatic carbocycles. The number of cyclic esters (lactones) is 1. The highest BCUT2D eigenvalue weighted by Crippen LogP contribution is 2.26. The summed E-state index contributed by atoms with van der Waals surface area (Å²) < 4.78 is 6.86. The second kappa shape index (κ2) is 7.48. The summed E-state index contributed by atoms with van der Waals surface area (Å²) >= 11 is 0. The normalized spacial score (nSPS) is 22.2. The van der Waals surface area contributed by atoms with Gasteiger partial charge in [0.15, 0.2) is 0 Å². The maximum Gasteiger partial charge on any atom is 0.410 e. The van der Waals surface area contributed by atoms with E-state index in [0.29, 0.717) is 25.6 Å². The number of aromatic nitrogens is 2. The molecule has 2 amide bonds. The van der Waals surface area contributed by atoms with Crippen molar-refractivity contribution in [2.45, 2.75) is 44.7 Å². The van der Waals surface area contributed by atoms with Crippen LogP contribution in [0.1, 0.15) is 32.1 Å². The summed E-state index contributed by atoms with van der Waals surface area (Å²) in [6.45, 7) is 1.89. The van der Waals surface area contributed by atoms with Crippen LogP contribution in [-0.2, 0) is 16.1 Å². The van der Waals surface area contributed by atoms with Gasteiger partial charge in [-0.05, 0) is 24.8 Å². The second-order valence-corrected chi connectivity index (χ2v) is 6.31. The smallest absolute Gasteiger partial charge is 0.410 e. The number of hydrogen-bond donors (Lipinski definition) is 1. The molecule has 0 bridgehead atoms. The van der Waals surface area contributed by atoms with Crippen molar-refractivity contribution in [3.05, 3.63) is 18.5 Å². The molecule has 7 heteroatoms. The average Bonchev–Trinajstić information content (AvgIpc) is 3.19. The van der Waals surface area contributed by atoms with Gasteiger partial charge < -0.3 is 10.1 Å². The third kappa shape index (κ3) is 4.03. The fraction of sp³-hybridized carbons (Fsp3) is 0.688. The third-order valence-electron chi connectivity index (χ3n) is 4.66. The van der Waals surface area contributed by atoms with E-state index in [9.17, 15) is 9.59 Å². The SMILES string of the molecule is O=C(NCCn1cccn1)[C@@H]1COC(=O)N1CC1CCCCC1. The zero-order valence-corrected chi connectivity index (χ0v) is 13.3. The Labute approximate surface area is 136 Å². The number of nitrogens with one attached hydrogen (secondary N) is 1. The summed E-state index contributed by atoms with van der Waals surface area (Å²) in [6, 6.07) is 1.35. The first-order valence-corrected chi connectivity index (χ1v) is 8.42. The van der Waals surface area contributed by atoms with Gasteiger partial charge >= 0.3 is 6.09 Å². The standard InChI is InChI=1S/C16H24N4O3/c21-15(17-8-10-19-9-4-7-18-19)14-12-23-16(22)20(14)11-13-5-2-1-3-6-13/h4,7,9,13-14H,1-3,5-6,8,10-12H2,(H,17,21)/t14-/m0/s1. The van der Waals surface area contributed by atoms with Crippen LogP contribution >= 0.6 is 0 Å². The first-order valence-electron chi connectivity index (χ1n) is 8.42. The number of rotatable bonds is 6. The van der Waals surface area contributed by atoms with Crippen LogP contribution in [0.4, 0.5) is 4.79 Å². The second-order valence-electron chi connectivity index (χ2n) is 6.31. The van der Waals surface area contributed by atoms with Gasteiger partial charge in [0.05, 0.1) is 6.54 Å². The Kier molecular flexibility index (Phi) is 5.15. The summed E-state index contributed by atoms with van der Waals surface area (Å²) in [5.41, 5.74) is 0. The molecule has 2 heterocycles. The maximum absolute atomic E-state index is 12.4. The quantitative estimate of drug-likeness (QED) is 0.859. The zero-order chi connectivity index (χ0) is 16.1. The van der Waals surface area contributed by atoms with Crippen LogP contribution in [0.15, 0.2) is 18.5 Å². The Morgan fingerprint density at radius 3 is 2.91 bits per heavy atom. The van der Waals surface area contributed by atoms with Crippen molar-refractivity contribution < 1.29 is 14.3 Å². The molecule has 1 atom stereocenters. The molecule has 1 aliphatic heterocycles. The first-order chi connectivity index (χ1) is 11.2. The molecule has 1 N–H and O–H groups in total. The summed E-state index contributed by atoms with van der Waals surface area (Å²) in [5.74, 6) is 0.354. The molecular formula is C16H24N4O3. The Bertz CT molecular complexity index is 525. The van der Waals surface area contributed by atoms with E-state index >= 15 is 0 Å². The minimum atomic E-state index is -0.498. The van der Waals surface area contributed by atoms with Crippen LogP contribution in [0.2, 0.25) is 0 Å². The lowest BCUT2D eigenvalue weighted by molar-refractivity contribution is -0.125. The highest BCUT2D eigenvalue weighted by Gasteiger charge is 2.39. The van der Waals surface area contributed by atoms with Crippen molar-refractivity contribution in [2.24, 2.45) is 5.92 Å². The van der Waals surface area contributed by atoms with Gasteiger partial charge in [0, 0.05) is 25.5 Å². The molecule has 7 nitrogen and oxygen atoms in total. The van der Waals surface area contributed by atoms with Crippen molar-refractivity contribution in [3.8, 4) is 0 Å².